The average Bonchev–Trinajstić information content (AvgIpc) is 3.14. The Morgan fingerprint density at radius 2 is 1.62 bits per heavy atom. The summed E-state index contributed by atoms with van der Waals surface area (Å²) in [4.78, 5) is 25.4. The van der Waals surface area contributed by atoms with Crippen LogP contribution in [0, 0.1) is 0 Å². The largest absolute Gasteiger partial charge is 0.365 e. The van der Waals surface area contributed by atoms with Gasteiger partial charge in [-0.05, 0) is 17.2 Å². The Hall–Kier alpha value is -3.67. The zero-order valence-corrected chi connectivity index (χ0v) is 13.9. The second-order valence-corrected chi connectivity index (χ2v) is 5.94. The minimum atomic E-state index is -0.601. The smallest absolute Gasteiger partial charge is 0.350 e. The summed E-state index contributed by atoms with van der Waals surface area (Å²) in [5.74, 6) is -0.601. The topological polar surface area (TPSA) is 82.4 Å². The minimum Gasteiger partial charge on any atom is -0.365 e. The first kappa shape index (κ1) is 15.8. The predicted octanol–water partition coefficient (Wildman–Crippen LogP) is 2.31. The molecule has 0 saturated heterocycles. The van der Waals surface area contributed by atoms with Gasteiger partial charge in [0.15, 0.2) is 0 Å². The lowest BCUT2D eigenvalue weighted by molar-refractivity contribution is 0.100. The molecule has 4 aromatic rings. The van der Waals surface area contributed by atoms with Crippen molar-refractivity contribution < 1.29 is 4.79 Å². The molecule has 0 aliphatic rings. The zero-order chi connectivity index (χ0) is 18.1. The highest BCUT2D eigenvalue weighted by atomic mass is 16.2. The molecule has 0 atom stereocenters. The summed E-state index contributed by atoms with van der Waals surface area (Å²) >= 11 is 0. The number of nitrogens with two attached hydrogens (primary N) is 1. The molecule has 0 aliphatic carbocycles. The molecule has 6 nitrogen and oxygen atoms in total. The van der Waals surface area contributed by atoms with Crippen LogP contribution < -0.4 is 11.4 Å². The van der Waals surface area contributed by atoms with E-state index in [4.69, 9.17) is 5.73 Å². The van der Waals surface area contributed by atoms with E-state index in [0.717, 1.165) is 11.1 Å². The summed E-state index contributed by atoms with van der Waals surface area (Å²) in [6.07, 6.45) is 1.49. The molecule has 0 bridgehead atoms. The van der Waals surface area contributed by atoms with Gasteiger partial charge >= 0.3 is 5.69 Å². The maximum absolute atomic E-state index is 13.1. The highest BCUT2D eigenvalue weighted by Gasteiger charge is 2.22. The number of hydrogen-bond acceptors (Lipinski definition) is 3. The molecule has 128 valence electrons. The van der Waals surface area contributed by atoms with Crippen molar-refractivity contribution in [2.75, 3.05) is 0 Å². The third-order valence-corrected chi connectivity index (χ3v) is 4.29. The van der Waals surface area contributed by atoms with Crippen LogP contribution in [0.3, 0.4) is 0 Å². The Kier molecular flexibility index (Phi) is 3.85. The van der Waals surface area contributed by atoms with Gasteiger partial charge in [0.05, 0.1) is 29.5 Å². The van der Waals surface area contributed by atoms with Gasteiger partial charge in [0, 0.05) is 0 Å². The number of aromatic nitrogens is 3. The number of rotatable bonds is 4. The van der Waals surface area contributed by atoms with E-state index >= 15 is 0 Å². The van der Waals surface area contributed by atoms with Gasteiger partial charge in [0.2, 0.25) is 0 Å². The molecule has 26 heavy (non-hydrogen) atoms. The van der Waals surface area contributed by atoms with Crippen molar-refractivity contribution in [2.24, 2.45) is 5.73 Å². The Balaban J connectivity index is 2.10. The van der Waals surface area contributed by atoms with E-state index in [1.54, 1.807) is 10.6 Å². The van der Waals surface area contributed by atoms with E-state index in [9.17, 15) is 9.59 Å². The number of nitrogens with zero attached hydrogens (tertiary/aromatic N) is 3. The van der Waals surface area contributed by atoms with Gasteiger partial charge in [-0.2, -0.15) is 9.61 Å². The lowest BCUT2D eigenvalue weighted by atomic mass is 10.0. The van der Waals surface area contributed by atoms with E-state index in [-0.39, 0.29) is 11.3 Å². The van der Waals surface area contributed by atoms with E-state index in [1.807, 2.05) is 60.7 Å². The van der Waals surface area contributed by atoms with Crippen LogP contribution in [-0.2, 0) is 6.54 Å². The molecule has 0 saturated carbocycles. The normalized spacial score (nSPS) is 10.9. The van der Waals surface area contributed by atoms with Crippen molar-refractivity contribution in [3.8, 4) is 11.3 Å². The summed E-state index contributed by atoms with van der Waals surface area (Å²) in [7, 11) is 0. The summed E-state index contributed by atoms with van der Waals surface area (Å²) in [6.45, 7) is 0.306. The number of carbonyl (C=O) groups excluding carboxylic acids is 1. The van der Waals surface area contributed by atoms with Crippen molar-refractivity contribution in [1.29, 1.82) is 0 Å². The molecule has 0 fully saturated rings. The quantitative estimate of drug-likeness (QED) is 0.617. The third kappa shape index (κ3) is 2.57. The number of carbonyl (C=O) groups is 1. The van der Waals surface area contributed by atoms with Crippen LogP contribution in [0.5, 0.6) is 0 Å². The SMILES string of the molecule is NC(=O)c1c(-c2ccccc2)n(Cc2ccccc2)c(=O)n2nccc12. The maximum Gasteiger partial charge on any atom is 0.350 e. The third-order valence-electron chi connectivity index (χ3n) is 4.29. The summed E-state index contributed by atoms with van der Waals surface area (Å²) in [5.41, 5.74) is 8.25. The van der Waals surface area contributed by atoms with Gasteiger partial charge < -0.3 is 5.73 Å². The first-order valence-corrected chi connectivity index (χ1v) is 8.16. The number of primary amides is 1. The summed E-state index contributed by atoms with van der Waals surface area (Å²) < 4.78 is 2.76. The van der Waals surface area contributed by atoms with Crippen molar-refractivity contribution in [3.05, 3.63) is 94.5 Å². The van der Waals surface area contributed by atoms with Crippen LogP contribution in [0.25, 0.3) is 16.8 Å². The van der Waals surface area contributed by atoms with E-state index in [1.165, 1.54) is 10.7 Å². The Bertz CT molecular complexity index is 1150. The van der Waals surface area contributed by atoms with Crippen molar-refractivity contribution >= 4 is 11.4 Å². The van der Waals surface area contributed by atoms with Crippen LogP contribution in [0.1, 0.15) is 15.9 Å². The molecular formula is C20H16N4O2. The molecule has 0 spiro atoms. The molecule has 0 unspecified atom stereocenters. The fraction of sp³-hybridized carbons (Fsp3) is 0.0500. The number of benzene rings is 2. The zero-order valence-electron chi connectivity index (χ0n) is 13.9. The van der Waals surface area contributed by atoms with Gasteiger partial charge in [-0.15, -0.1) is 0 Å². The van der Waals surface area contributed by atoms with E-state index in [2.05, 4.69) is 5.10 Å². The van der Waals surface area contributed by atoms with Crippen molar-refractivity contribution in [1.82, 2.24) is 14.2 Å². The molecule has 2 aromatic heterocycles. The first-order valence-electron chi connectivity index (χ1n) is 8.16. The molecule has 2 heterocycles. The summed E-state index contributed by atoms with van der Waals surface area (Å²) in [5, 5.41) is 4.07. The van der Waals surface area contributed by atoms with Crippen molar-refractivity contribution in [2.45, 2.75) is 6.54 Å². The number of hydrogen-bond donors (Lipinski definition) is 1. The predicted molar refractivity (Wildman–Crippen MR) is 98.9 cm³/mol. The fourth-order valence-electron chi connectivity index (χ4n) is 3.16. The molecule has 2 aromatic carbocycles. The molecule has 6 heteroatoms. The molecule has 2 N–H and O–H groups in total. The second-order valence-electron chi connectivity index (χ2n) is 5.94. The Morgan fingerprint density at radius 1 is 0.962 bits per heavy atom. The Labute approximate surface area is 149 Å². The molecular weight excluding hydrogens is 328 g/mol. The molecule has 1 amide bonds. The van der Waals surface area contributed by atoms with Gasteiger partial charge in [0.1, 0.15) is 0 Å². The van der Waals surface area contributed by atoms with Gasteiger partial charge in [-0.3, -0.25) is 9.36 Å². The van der Waals surface area contributed by atoms with Gasteiger partial charge in [0.25, 0.3) is 5.91 Å². The van der Waals surface area contributed by atoms with E-state index in [0.29, 0.717) is 17.8 Å². The lowest BCUT2D eigenvalue weighted by Gasteiger charge is -2.17. The maximum atomic E-state index is 13.1. The lowest BCUT2D eigenvalue weighted by Crippen LogP contribution is -2.32. The monoisotopic (exact) mass is 344 g/mol. The Morgan fingerprint density at radius 3 is 2.27 bits per heavy atom. The summed E-state index contributed by atoms with van der Waals surface area (Å²) in [6, 6.07) is 20.5. The molecule has 4 rings (SSSR count). The number of fused-ring (bicyclic) bond motifs is 1. The van der Waals surface area contributed by atoms with Crippen molar-refractivity contribution in [3.63, 3.8) is 0 Å². The highest BCUT2D eigenvalue weighted by molar-refractivity contribution is 6.05. The average molecular weight is 344 g/mol. The van der Waals surface area contributed by atoms with Crippen LogP contribution >= 0.6 is 0 Å². The van der Waals surface area contributed by atoms with Crippen LogP contribution in [0.4, 0.5) is 0 Å². The number of amides is 1. The molecule has 0 radical (unpaired) electrons. The molecule has 0 aliphatic heterocycles. The highest BCUT2D eigenvalue weighted by Crippen LogP contribution is 2.26. The first-order chi connectivity index (χ1) is 12.7. The van der Waals surface area contributed by atoms with E-state index < -0.39 is 5.91 Å². The standard InChI is InChI=1S/C20H16N4O2/c21-19(25)17-16-11-12-22-24(16)20(26)23(13-14-7-3-1-4-8-14)18(17)15-9-5-2-6-10-15/h1-12H,13H2,(H2,21,25). The fourth-order valence-corrected chi connectivity index (χ4v) is 3.16. The minimum absolute atomic E-state index is 0.282. The van der Waals surface area contributed by atoms with Gasteiger partial charge in [-0.1, -0.05) is 60.7 Å². The van der Waals surface area contributed by atoms with Gasteiger partial charge in [-0.25, -0.2) is 4.79 Å². The van der Waals surface area contributed by atoms with Crippen LogP contribution in [0.2, 0.25) is 0 Å². The van der Waals surface area contributed by atoms with Crippen LogP contribution in [0.15, 0.2) is 77.7 Å². The second kappa shape index (κ2) is 6.33. The van der Waals surface area contributed by atoms with Crippen LogP contribution in [-0.4, -0.2) is 20.1 Å².